The van der Waals surface area contributed by atoms with Crippen molar-refractivity contribution in [3.8, 4) is 0 Å². The molecule has 1 N–H and O–H groups in total. The van der Waals surface area contributed by atoms with Crippen molar-refractivity contribution in [1.82, 2.24) is 4.31 Å². The Morgan fingerprint density at radius 3 is 2.18 bits per heavy atom. The van der Waals surface area contributed by atoms with E-state index in [9.17, 15) is 13.2 Å². The summed E-state index contributed by atoms with van der Waals surface area (Å²) in [5, 5.41) is 2.99. The molecule has 0 aliphatic carbocycles. The molecule has 178 valence electrons. The van der Waals surface area contributed by atoms with Crippen LogP contribution >= 0.6 is 27.7 Å². The minimum Gasteiger partial charge on any atom is -0.326 e. The molecule has 1 aliphatic rings. The first-order valence-corrected chi connectivity index (χ1v) is 14.6. The first-order chi connectivity index (χ1) is 16.4. The number of carbonyl (C=O) groups excluding carboxylic acids is 1. The van der Waals surface area contributed by atoms with E-state index in [-0.39, 0.29) is 17.6 Å². The van der Waals surface area contributed by atoms with E-state index in [1.807, 2.05) is 66.7 Å². The van der Waals surface area contributed by atoms with Crippen LogP contribution < -0.4 is 5.32 Å². The molecule has 1 heterocycles. The zero-order valence-corrected chi connectivity index (χ0v) is 21.9. The molecule has 0 spiro atoms. The summed E-state index contributed by atoms with van der Waals surface area (Å²) in [4.78, 5) is 14.0. The molecular formula is C26H27BrN2O3S2. The molecule has 0 saturated carbocycles. The third kappa shape index (κ3) is 6.95. The van der Waals surface area contributed by atoms with Crippen LogP contribution in [0.25, 0.3) is 0 Å². The number of amides is 1. The molecule has 0 aromatic heterocycles. The summed E-state index contributed by atoms with van der Waals surface area (Å²) in [6, 6.07) is 25.5. The van der Waals surface area contributed by atoms with Crippen molar-refractivity contribution in [1.29, 1.82) is 0 Å². The predicted octanol–water partition coefficient (Wildman–Crippen LogP) is 5.92. The normalized spacial score (nSPS) is 15.2. The minimum absolute atomic E-state index is 0.0218. The molecule has 1 amide bonds. The predicted molar refractivity (Wildman–Crippen MR) is 142 cm³/mol. The zero-order valence-electron chi connectivity index (χ0n) is 18.7. The maximum atomic E-state index is 12.8. The third-order valence-corrected chi connectivity index (χ3v) is 9.31. The number of anilines is 1. The van der Waals surface area contributed by atoms with Gasteiger partial charge in [-0.1, -0.05) is 58.4 Å². The lowest BCUT2D eigenvalue weighted by Crippen LogP contribution is -2.41. The fraction of sp³-hybridized carbons (Fsp3) is 0.269. The number of halogens is 1. The van der Waals surface area contributed by atoms with E-state index in [0.29, 0.717) is 25.9 Å². The number of benzene rings is 3. The van der Waals surface area contributed by atoms with Crippen LogP contribution in [0.3, 0.4) is 0 Å². The molecule has 1 aliphatic heterocycles. The van der Waals surface area contributed by atoms with Gasteiger partial charge in [0.2, 0.25) is 15.9 Å². The van der Waals surface area contributed by atoms with E-state index >= 15 is 0 Å². The molecule has 0 atom stereocenters. The van der Waals surface area contributed by atoms with Gasteiger partial charge >= 0.3 is 0 Å². The Morgan fingerprint density at radius 1 is 0.912 bits per heavy atom. The number of rotatable bonds is 8. The van der Waals surface area contributed by atoms with Crippen molar-refractivity contribution < 1.29 is 13.2 Å². The van der Waals surface area contributed by atoms with E-state index in [1.165, 1.54) is 14.8 Å². The highest BCUT2D eigenvalue weighted by Gasteiger charge is 2.31. The Hall–Kier alpha value is -2.13. The van der Waals surface area contributed by atoms with Gasteiger partial charge in [-0.3, -0.25) is 4.79 Å². The summed E-state index contributed by atoms with van der Waals surface area (Å²) in [6.07, 6.45) is 1.05. The Bertz CT molecular complexity index is 1190. The molecular weight excluding hydrogens is 532 g/mol. The summed E-state index contributed by atoms with van der Waals surface area (Å²) < 4.78 is 28.0. The molecule has 3 aromatic carbocycles. The average Bonchev–Trinajstić information content (AvgIpc) is 2.85. The molecule has 0 unspecified atom stereocenters. The van der Waals surface area contributed by atoms with Gasteiger partial charge in [0.05, 0.1) is 5.75 Å². The van der Waals surface area contributed by atoms with E-state index in [0.717, 1.165) is 21.5 Å². The summed E-state index contributed by atoms with van der Waals surface area (Å²) in [7, 11) is -3.40. The van der Waals surface area contributed by atoms with Crippen LogP contribution in [0, 0.1) is 5.92 Å². The fourth-order valence-corrected chi connectivity index (χ4v) is 6.59. The summed E-state index contributed by atoms with van der Waals surface area (Å²) in [6.45, 7) is 0.735. The van der Waals surface area contributed by atoms with E-state index in [4.69, 9.17) is 0 Å². The fourth-order valence-electron chi connectivity index (χ4n) is 3.89. The van der Waals surface area contributed by atoms with Crippen molar-refractivity contribution >= 4 is 49.3 Å². The van der Waals surface area contributed by atoms with Crippen molar-refractivity contribution in [2.24, 2.45) is 5.92 Å². The van der Waals surface area contributed by atoms with Gasteiger partial charge in [0.25, 0.3) is 0 Å². The first-order valence-electron chi connectivity index (χ1n) is 11.2. The average molecular weight is 560 g/mol. The monoisotopic (exact) mass is 558 g/mol. The van der Waals surface area contributed by atoms with Gasteiger partial charge < -0.3 is 5.32 Å². The Morgan fingerprint density at radius 2 is 1.53 bits per heavy atom. The number of thioether (sulfide) groups is 1. The van der Waals surface area contributed by atoms with E-state index in [1.54, 1.807) is 11.8 Å². The third-order valence-electron chi connectivity index (χ3n) is 5.85. The lowest BCUT2D eigenvalue weighted by atomic mass is 9.97. The Labute approximate surface area is 214 Å². The maximum absolute atomic E-state index is 12.8. The highest BCUT2D eigenvalue weighted by Crippen LogP contribution is 2.25. The number of nitrogens with one attached hydrogen (secondary N) is 1. The molecule has 34 heavy (non-hydrogen) atoms. The van der Waals surface area contributed by atoms with E-state index in [2.05, 4.69) is 33.4 Å². The molecule has 5 nitrogen and oxygen atoms in total. The highest BCUT2D eigenvalue weighted by atomic mass is 79.9. The minimum atomic E-state index is -3.40. The number of hydrogen-bond acceptors (Lipinski definition) is 4. The van der Waals surface area contributed by atoms with Crippen LogP contribution in [0.15, 0.2) is 88.2 Å². The quantitative estimate of drug-likeness (QED) is 0.348. The van der Waals surface area contributed by atoms with E-state index < -0.39 is 10.0 Å². The van der Waals surface area contributed by atoms with Crippen molar-refractivity contribution in [2.75, 3.05) is 18.4 Å². The number of nitrogens with zero attached hydrogens (tertiary/aromatic N) is 1. The van der Waals surface area contributed by atoms with Crippen LogP contribution in [0.2, 0.25) is 0 Å². The van der Waals surface area contributed by atoms with Crippen molar-refractivity contribution in [3.05, 3.63) is 94.5 Å². The van der Waals surface area contributed by atoms with Gasteiger partial charge in [0.1, 0.15) is 0 Å². The molecule has 1 saturated heterocycles. The van der Waals surface area contributed by atoms with Gasteiger partial charge in [0, 0.05) is 39.8 Å². The molecule has 0 bridgehead atoms. The molecule has 4 rings (SSSR count). The largest absolute Gasteiger partial charge is 0.326 e. The number of sulfonamides is 1. The number of carbonyl (C=O) groups is 1. The number of hydrogen-bond donors (Lipinski definition) is 1. The van der Waals surface area contributed by atoms with Crippen LogP contribution in [0.1, 0.15) is 24.0 Å². The van der Waals surface area contributed by atoms with Gasteiger partial charge in [0.15, 0.2) is 0 Å². The standard InChI is InChI=1S/C26H27BrN2O3S2/c27-23-10-6-21(7-11-23)19-34(31,32)29-16-14-22(15-17-29)26(30)28-24-12-8-20(9-13-24)18-33-25-4-2-1-3-5-25/h1-13,22H,14-19H2,(H,28,30). The van der Waals surface area contributed by atoms with Crippen LogP contribution in [0.5, 0.6) is 0 Å². The summed E-state index contributed by atoms with van der Waals surface area (Å²) in [5.41, 5.74) is 2.72. The first kappa shape index (κ1) is 25.0. The summed E-state index contributed by atoms with van der Waals surface area (Å²) >= 11 is 5.14. The lowest BCUT2D eigenvalue weighted by molar-refractivity contribution is -0.120. The zero-order chi connectivity index (χ0) is 24.0. The maximum Gasteiger partial charge on any atom is 0.227 e. The van der Waals surface area contributed by atoms with Crippen LogP contribution in [0.4, 0.5) is 5.69 Å². The van der Waals surface area contributed by atoms with Gasteiger partial charge in [-0.05, 0) is 60.4 Å². The number of piperidine rings is 1. The molecule has 3 aromatic rings. The smallest absolute Gasteiger partial charge is 0.227 e. The van der Waals surface area contributed by atoms with Gasteiger partial charge in [-0.2, -0.15) is 0 Å². The summed E-state index contributed by atoms with van der Waals surface area (Å²) in [5.74, 6) is 0.612. The topological polar surface area (TPSA) is 66.5 Å². The Kier molecular flexibility index (Phi) is 8.47. The lowest BCUT2D eigenvalue weighted by Gasteiger charge is -2.30. The highest BCUT2D eigenvalue weighted by molar-refractivity contribution is 9.10. The van der Waals surface area contributed by atoms with Gasteiger partial charge in [-0.15, -0.1) is 11.8 Å². The van der Waals surface area contributed by atoms with Crippen molar-refractivity contribution in [3.63, 3.8) is 0 Å². The molecule has 0 radical (unpaired) electrons. The molecule has 1 fully saturated rings. The molecule has 8 heteroatoms. The van der Waals surface area contributed by atoms with Crippen LogP contribution in [-0.2, 0) is 26.3 Å². The second kappa shape index (κ2) is 11.5. The van der Waals surface area contributed by atoms with Crippen LogP contribution in [-0.4, -0.2) is 31.7 Å². The SMILES string of the molecule is O=C(Nc1ccc(CSc2ccccc2)cc1)C1CCN(S(=O)(=O)Cc2ccc(Br)cc2)CC1. The second-order valence-electron chi connectivity index (χ2n) is 8.34. The second-order valence-corrected chi connectivity index (χ2v) is 12.3. The Balaban J connectivity index is 1.25. The van der Waals surface area contributed by atoms with Crippen molar-refractivity contribution in [2.45, 2.75) is 29.2 Å². The van der Waals surface area contributed by atoms with Gasteiger partial charge in [-0.25, -0.2) is 12.7 Å².